The molecule has 1 amide bonds. The first-order valence-corrected chi connectivity index (χ1v) is 6.69. The number of hydrogen-bond acceptors (Lipinski definition) is 4. The molecule has 1 heterocycles. The second-order valence-electron chi connectivity index (χ2n) is 4.42. The number of aryl methyl sites for hydroxylation is 2. The summed E-state index contributed by atoms with van der Waals surface area (Å²) in [6.45, 7) is 4.71. The third kappa shape index (κ3) is 4.69. The summed E-state index contributed by atoms with van der Waals surface area (Å²) < 4.78 is 10.3. The molecule has 19 heavy (non-hydrogen) atoms. The van der Waals surface area contributed by atoms with Gasteiger partial charge < -0.3 is 19.6 Å². The zero-order chi connectivity index (χ0) is 14.3. The number of methoxy groups -OCH3 is 1. The van der Waals surface area contributed by atoms with Crippen LogP contribution < -0.4 is 5.32 Å². The molecule has 0 fully saturated rings. The van der Waals surface area contributed by atoms with Crippen molar-refractivity contribution in [2.45, 2.75) is 39.2 Å². The highest BCUT2D eigenvalue weighted by Crippen LogP contribution is 2.16. The lowest BCUT2D eigenvalue weighted by molar-refractivity contribution is 0.0586. The van der Waals surface area contributed by atoms with Crippen molar-refractivity contribution in [2.24, 2.45) is 0 Å². The summed E-state index contributed by atoms with van der Waals surface area (Å²) in [6.07, 6.45) is 1.54. The Morgan fingerprint density at radius 1 is 1.47 bits per heavy atom. The highest BCUT2D eigenvalue weighted by atomic mass is 16.5. The summed E-state index contributed by atoms with van der Waals surface area (Å²) in [5, 5.41) is 12.2. The van der Waals surface area contributed by atoms with Crippen molar-refractivity contribution in [2.75, 3.05) is 20.3 Å². The molecule has 0 radical (unpaired) electrons. The number of carbonyl (C=O) groups excluding carboxylic acids is 1. The zero-order valence-corrected chi connectivity index (χ0v) is 11.9. The van der Waals surface area contributed by atoms with Gasteiger partial charge in [-0.3, -0.25) is 4.79 Å². The maximum atomic E-state index is 11.9. The Hall–Kier alpha value is -1.33. The quantitative estimate of drug-likeness (QED) is 0.751. The van der Waals surface area contributed by atoms with Gasteiger partial charge >= 0.3 is 0 Å². The van der Waals surface area contributed by atoms with Gasteiger partial charge in [0.05, 0.1) is 12.7 Å². The van der Waals surface area contributed by atoms with Crippen LogP contribution in [-0.2, 0) is 17.6 Å². The summed E-state index contributed by atoms with van der Waals surface area (Å²) in [5.41, 5.74) is 1.08. The average Bonchev–Trinajstić information content (AvgIpc) is 2.82. The third-order valence-electron chi connectivity index (χ3n) is 2.94. The third-order valence-corrected chi connectivity index (χ3v) is 2.94. The number of aliphatic hydroxyl groups excluding tert-OH is 1. The van der Waals surface area contributed by atoms with E-state index in [0.29, 0.717) is 18.7 Å². The standard InChI is InChI=1S/C14H23NO4/c1-4-10-8-13(19-12(10)5-2)14(17)15-7-6-11(16)9-18-3/h8,11,16H,4-7,9H2,1-3H3,(H,15,17). The maximum Gasteiger partial charge on any atom is 0.287 e. The van der Waals surface area contributed by atoms with Gasteiger partial charge in [0.2, 0.25) is 0 Å². The summed E-state index contributed by atoms with van der Waals surface area (Å²) in [7, 11) is 1.53. The van der Waals surface area contributed by atoms with E-state index >= 15 is 0 Å². The molecule has 0 bridgehead atoms. The zero-order valence-electron chi connectivity index (χ0n) is 11.9. The lowest BCUT2D eigenvalue weighted by Gasteiger charge is -2.09. The van der Waals surface area contributed by atoms with Gasteiger partial charge in [-0.1, -0.05) is 13.8 Å². The van der Waals surface area contributed by atoms with Gasteiger partial charge in [0.1, 0.15) is 5.76 Å². The van der Waals surface area contributed by atoms with Crippen LogP contribution in [0, 0.1) is 0 Å². The van der Waals surface area contributed by atoms with Crippen LogP contribution in [0.5, 0.6) is 0 Å². The van der Waals surface area contributed by atoms with Crippen LogP contribution in [0.4, 0.5) is 0 Å². The highest BCUT2D eigenvalue weighted by Gasteiger charge is 2.14. The van der Waals surface area contributed by atoms with Crippen molar-refractivity contribution < 1.29 is 19.1 Å². The summed E-state index contributed by atoms with van der Waals surface area (Å²) in [4.78, 5) is 11.9. The monoisotopic (exact) mass is 269 g/mol. The summed E-state index contributed by atoms with van der Waals surface area (Å²) in [5.74, 6) is 0.973. The molecule has 0 aliphatic carbocycles. The molecule has 0 spiro atoms. The Labute approximate surface area is 113 Å². The first kappa shape index (κ1) is 15.7. The van der Waals surface area contributed by atoms with E-state index < -0.39 is 6.10 Å². The van der Waals surface area contributed by atoms with E-state index in [1.165, 1.54) is 7.11 Å². The predicted molar refractivity (Wildman–Crippen MR) is 72.3 cm³/mol. The molecule has 0 aromatic carbocycles. The van der Waals surface area contributed by atoms with Crippen molar-refractivity contribution in [3.8, 4) is 0 Å². The van der Waals surface area contributed by atoms with Crippen molar-refractivity contribution in [3.63, 3.8) is 0 Å². The molecule has 5 nitrogen and oxygen atoms in total. The van der Waals surface area contributed by atoms with Gasteiger partial charge in [-0.05, 0) is 24.5 Å². The van der Waals surface area contributed by atoms with E-state index in [4.69, 9.17) is 9.15 Å². The smallest absolute Gasteiger partial charge is 0.287 e. The van der Waals surface area contributed by atoms with E-state index in [1.807, 2.05) is 13.8 Å². The first-order valence-electron chi connectivity index (χ1n) is 6.69. The van der Waals surface area contributed by atoms with E-state index in [2.05, 4.69) is 5.32 Å². The number of carbonyl (C=O) groups is 1. The average molecular weight is 269 g/mol. The Morgan fingerprint density at radius 2 is 2.21 bits per heavy atom. The molecule has 0 saturated heterocycles. The normalized spacial score (nSPS) is 12.4. The minimum atomic E-state index is -0.556. The SMILES string of the molecule is CCc1cc(C(=O)NCCC(O)COC)oc1CC. The highest BCUT2D eigenvalue weighted by molar-refractivity contribution is 5.91. The summed E-state index contributed by atoms with van der Waals surface area (Å²) in [6, 6.07) is 1.79. The van der Waals surface area contributed by atoms with Crippen molar-refractivity contribution >= 4 is 5.91 Å². The molecule has 1 rings (SSSR count). The van der Waals surface area contributed by atoms with Gasteiger partial charge in [0.15, 0.2) is 5.76 Å². The predicted octanol–water partition coefficient (Wildman–Crippen LogP) is 1.53. The lowest BCUT2D eigenvalue weighted by atomic mass is 10.1. The number of nitrogens with one attached hydrogen (secondary N) is 1. The minimum Gasteiger partial charge on any atom is -0.456 e. The number of rotatable bonds is 8. The second-order valence-corrected chi connectivity index (χ2v) is 4.42. The molecule has 0 saturated carbocycles. The topological polar surface area (TPSA) is 71.7 Å². The van der Waals surface area contributed by atoms with Gasteiger partial charge in [-0.2, -0.15) is 0 Å². The van der Waals surface area contributed by atoms with E-state index in [0.717, 1.165) is 24.2 Å². The van der Waals surface area contributed by atoms with Crippen molar-refractivity contribution in [1.82, 2.24) is 5.32 Å². The molecule has 0 aliphatic rings. The largest absolute Gasteiger partial charge is 0.456 e. The Kier molecular flexibility index (Phi) is 6.59. The fourth-order valence-electron chi connectivity index (χ4n) is 1.89. The molecule has 1 aromatic heterocycles. The van der Waals surface area contributed by atoms with Gasteiger partial charge in [0.25, 0.3) is 5.91 Å². The van der Waals surface area contributed by atoms with E-state index in [-0.39, 0.29) is 12.5 Å². The lowest BCUT2D eigenvalue weighted by Crippen LogP contribution is -2.28. The molecule has 0 aliphatic heterocycles. The first-order chi connectivity index (χ1) is 9.12. The van der Waals surface area contributed by atoms with E-state index in [9.17, 15) is 9.90 Å². The van der Waals surface area contributed by atoms with E-state index in [1.54, 1.807) is 6.07 Å². The molecule has 1 aromatic rings. The Morgan fingerprint density at radius 3 is 2.74 bits per heavy atom. The molecular weight excluding hydrogens is 246 g/mol. The number of hydrogen-bond donors (Lipinski definition) is 2. The van der Waals surface area contributed by atoms with Gasteiger partial charge in [-0.15, -0.1) is 0 Å². The van der Waals surface area contributed by atoms with Crippen molar-refractivity contribution in [1.29, 1.82) is 0 Å². The van der Waals surface area contributed by atoms with Crippen LogP contribution in [0.3, 0.4) is 0 Å². The fraction of sp³-hybridized carbons (Fsp3) is 0.643. The Balaban J connectivity index is 2.47. The molecule has 2 N–H and O–H groups in total. The molecule has 5 heteroatoms. The second kappa shape index (κ2) is 7.96. The van der Waals surface area contributed by atoms with Gasteiger partial charge in [0, 0.05) is 20.1 Å². The number of furan rings is 1. The van der Waals surface area contributed by atoms with Crippen LogP contribution >= 0.6 is 0 Å². The molecular formula is C14H23NO4. The number of ether oxygens (including phenoxy) is 1. The molecule has 1 atom stereocenters. The fourth-order valence-corrected chi connectivity index (χ4v) is 1.89. The van der Waals surface area contributed by atoms with Gasteiger partial charge in [-0.25, -0.2) is 0 Å². The number of aliphatic hydroxyl groups is 1. The Bertz CT molecular complexity index is 379. The van der Waals surface area contributed by atoms with Crippen molar-refractivity contribution in [3.05, 3.63) is 23.2 Å². The molecule has 1 unspecified atom stereocenters. The summed E-state index contributed by atoms with van der Waals surface area (Å²) >= 11 is 0. The molecule has 108 valence electrons. The van der Waals surface area contributed by atoms with Crippen LogP contribution in [-0.4, -0.2) is 37.4 Å². The van der Waals surface area contributed by atoms with Crippen LogP contribution in [0.25, 0.3) is 0 Å². The number of amides is 1. The van der Waals surface area contributed by atoms with Crippen LogP contribution in [0.1, 0.15) is 42.1 Å². The minimum absolute atomic E-state index is 0.237. The maximum absolute atomic E-state index is 11.9. The van der Waals surface area contributed by atoms with Crippen LogP contribution in [0.15, 0.2) is 10.5 Å². The van der Waals surface area contributed by atoms with Crippen LogP contribution in [0.2, 0.25) is 0 Å².